The van der Waals surface area contributed by atoms with Gasteiger partial charge in [-0.3, -0.25) is 9.59 Å². The highest BCUT2D eigenvalue weighted by atomic mass is 32.2. The van der Waals surface area contributed by atoms with Crippen LogP contribution >= 0.6 is 11.8 Å². The van der Waals surface area contributed by atoms with E-state index in [1.165, 1.54) is 5.01 Å². The highest BCUT2D eigenvalue weighted by molar-refractivity contribution is 7.99. The summed E-state index contributed by atoms with van der Waals surface area (Å²) in [5, 5.41) is 5.31. The predicted octanol–water partition coefficient (Wildman–Crippen LogP) is 0.170. The summed E-state index contributed by atoms with van der Waals surface area (Å²) in [4.78, 5) is 25.1. The number of rotatable bonds is 1. The van der Waals surface area contributed by atoms with E-state index in [-0.39, 0.29) is 11.8 Å². The lowest BCUT2D eigenvalue weighted by atomic mass is 10.1. The highest BCUT2D eigenvalue weighted by Crippen LogP contribution is 2.13. The van der Waals surface area contributed by atoms with Gasteiger partial charge in [-0.1, -0.05) is 0 Å². The number of amides is 2. The Bertz CT molecular complexity index is 337. The minimum absolute atomic E-state index is 0.000324. The molecular weight excluding hydrogens is 226 g/mol. The number of thioether (sulfide) groups is 1. The Morgan fingerprint density at radius 1 is 1.31 bits per heavy atom. The van der Waals surface area contributed by atoms with E-state index in [0.717, 1.165) is 24.6 Å². The second-order valence-electron chi connectivity index (χ2n) is 3.87. The van der Waals surface area contributed by atoms with Crippen LogP contribution in [-0.2, 0) is 9.59 Å². The highest BCUT2D eigenvalue weighted by Gasteiger charge is 2.26. The molecule has 6 heteroatoms. The van der Waals surface area contributed by atoms with Gasteiger partial charge in [-0.2, -0.15) is 16.9 Å². The lowest BCUT2D eigenvalue weighted by molar-refractivity contribution is -0.130. The molecular formula is C10H15N3O2S. The van der Waals surface area contributed by atoms with Gasteiger partial charge in [0.15, 0.2) is 0 Å². The minimum atomic E-state index is -0.0225. The molecule has 0 saturated carbocycles. The topological polar surface area (TPSA) is 53.0 Å². The molecule has 0 atom stereocenters. The van der Waals surface area contributed by atoms with Crippen molar-refractivity contribution < 1.29 is 9.59 Å². The van der Waals surface area contributed by atoms with Crippen molar-refractivity contribution in [1.82, 2.24) is 9.91 Å². The van der Waals surface area contributed by atoms with Crippen molar-refractivity contribution >= 4 is 29.3 Å². The van der Waals surface area contributed by atoms with Crippen LogP contribution in [0.4, 0.5) is 0 Å². The van der Waals surface area contributed by atoms with Crippen LogP contribution in [0.5, 0.6) is 0 Å². The van der Waals surface area contributed by atoms with Crippen LogP contribution in [0.25, 0.3) is 0 Å². The zero-order valence-electron chi connectivity index (χ0n) is 9.31. The van der Waals surface area contributed by atoms with Crippen LogP contribution < -0.4 is 0 Å². The average molecular weight is 241 g/mol. The Morgan fingerprint density at radius 3 is 2.62 bits per heavy atom. The van der Waals surface area contributed by atoms with Gasteiger partial charge in [0, 0.05) is 44.5 Å². The van der Waals surface area contributed by atoms with E-state index >= 15 is 0 Å². The molecule has 0 N–H and O–H groups in total. The van der Waals surface area contributed by atoms with Gasteiger partial charge < -0.3 is 4.90 Å². The summed E-state index contributed by atoms with van der Waals surface area (Å²) < 4.78 is 0. The Kier molecular flexibility index (Phi) is 3.48. The first-order chi connectivity index (χ1) is 7.68. The second kappa shape index (κ2) is 4.86. The van der Waals surface area contributed by atoms with Crippen LogP contribution in [-0.4, -0.2) is 59.1 Å². The fourth-order valence-corrected chi connectivity index (χ4v) is 2.68. The van der Waals surface area contributed by atoms with Crippen LogP contribution in [0.2, 0.25) is 0 Å². The zero-order chi connectivity index (χ0) is 11.5. The smallest absolute Gasteiger partial charge is 0.270 e. The Labute approximate surface area is 98.8 Å². The molecule has 88 valence electrons. The van der Waals surface area contributed by atoms with E-state index in [4.69, 9.17) is 0 Å². The maximum Gasteiger partial charge on any atom is 0.270 e. The summed E-state index contributed by atoms with van der Waals surface area (Å²) in [7, 11) is 1.60. The van der Waals surface area contributed by atoms with Gasteiger partial charge in [-0.15, -0.1) is 0 Å². The van der Waals surface area contributed by atoms with Crippen molar-refractivity contribution in [2.45, 2.75) is 12.8 Å². The molecule has 0 unspecified atom stereocenters. The van der Waals surface area contributed by atoms with Crippen molar-refractivity contribution in [3.8, 4) is 0 Å². The third kappa shape index (κ3) is 2.37. The third-order valence-electron chi connectivity index (χ3n) is 2.75. The summed E-state index contributed by atoms with van der Waals surface area (Å²) in [6, 6.07) is 0. The lowest BCUT2D eigenvalue weighted by Crippen LogP contribution is -2.44. The summed E-state index contributed by atoms with van der Waals surface area (Å²) >= 11 is 1.87. The molecule has 0 aliphatic carbocycles. The van der Waals surface area contributed by atoms with E-state index in [2.05, 4.69) is 5.10 Å². The van der Waals surface area contributed by atoms with Crippen molar-refractivity contribution in [2.75, 3.05) is 31.6 Å². The molecule has 0 bridgehead atoms. The molecule has 0 aromatic rings. The predicted molar refractivity (Wildman–Crippen MR) is 63.3 cm³/mol. The number of hydrazone groups is 1. The first-order valence-corrected chi connectivity index (χ1v) is 6.55. The second-order valence-corrected chi connectivity index (χ2v) is 5.09. The lowest BCUT2D eigenvalue weighted by Gasteiger charge is -2.28. The molecule has 0 aromatic carbocycles. The van der Waals surface area contributed by atoms with Crippen LogP contribution in [0, 0.1) is 0 Å². The van der Waals surface area contributed by atoms with Gasteiger partial charge in [0.05, 0.1) is 0 Å². The van der Waals surface area contributed by atoms with Crippen molar-refractivity contribution in [1.29, 1.82) is 0 Å². The molecule has 2 aliphatic heterocycles. The van der Waals surface area contributed by atoms with Gasteiger partial charge in [0.25, 0.3) is 5.91 Å². The average Bonchev–Trinajstić information content (AvgIpc) is 2.33. The fraction of sp³-hybridized carbons (Fsp3) is 0.700. The summed E-state index contributed by atoms with van der Waals surface area (Å²) in [6.45, 7) is 1.58. The maximum atomic E-state index is 12.1. The third-order valence-corrected chi connectivity index (χ3v) is 3.69. The Morgan fingerprint density at radius 2 is 2.00 bits per heavy atom. The Hall–Kier alpha value is -1.04. The molecule has 0 aromatic heterocycles. The van der Waals surface area contributed by atoms with E-state index in [1.807, 2.05) is 16.7 Å². The SMILES string of the molecule is CN1N=C(C(=O)N2CCSCC2)CCC1=O. The van der Waals surface area contributed by atoms with E-state index in [0.29, 0.717) is 18.6 Å². The van der Waals surface area contributed by atoms with Gasteiger partial charge >= 0.3 is 0 Å². The van der Waals surface area contributed by atoms with Crippen molar-refractivity contribution in [2.24, 2.45) is 5.10 Å². The van der Waals surface area contributed by atoms with Crippen molar-refractivity contribution in [3.63, 3.8) is 0 Å². The molecule has 1 saturated heterocycles. The van der Waals surface area contributed by atoms with E-state index in [9.17, 15) is 9.59 Å². The first-order valence-electron chi connectivity index (χ1n) is 5.39. The molecule has 16 heavy (non-hydrogen) atoms. The number of carbonyl (C=O) groups excluding carboxylic acids is 2. The van der Waals surface area contributed by atoms with Crippen LogP contribution in [0.3, 0.4) is 0 Å². The maximum absolute atomic E-state index is 12.1. The molecule has 1 fully saturated rings. The normalized spacial score (nSPS) is 22.1. The monoisotopic (exact) mass is 241 g/mol. The molecule has 2 rings (SSSR count). The number of hydrogen-bond donors (Lipinski definition) is 0. The fourth-order valence-electron chi connectivity index (χ4n) is 1.77. The number of hydrogen-bond acceptors (Lipinski definition) is 4. The van der Waals surface area contributed by atoms with Gasteiger partial charge in [0.2, 0.25) is 5.91 Å². The van der Waals surface area contributed by atoms with Crippen LogP contribution in [0.1, 0.15) is 12.8 Å². The summed E-state index contributed by atoms with van der Waals surface area (Å²) in [5.74, 6) is 1.96. The largest absolute Gasteiger partial charge is 0.336 e. The molecule has 2 heterocycles. The molecule has 0 radical (unpaired) electrons. The molecule has 0 spiro atoms. The van der Waals surface area contributed by atoms with E-state index < -0.39 is 0 Å². The molecule has 2 amide bonds. The molecule has 5 nitrogen and oxygen atoms in total. The van der Waals surface area contributed by atoms with Gasteiger partial charge in [0.1, 0.15) is 5.71 Å². The number of carbonyl (C=O) groups is 2. The summed E-state index contributed by atoms with van der Waals surface area (Å²) in [5.41, 5.74) is 0.522. The molecule has 2 aliphatic rings. The number of nitrogens with zero attached hydrogens (tertiary/aromatic N) is 3. The van der Waals surface area contributed by atoms with Crippen molar-refractivity contribution in [3.05, 3.63) is 0 Å². The standard InChI is InChI=1S/C10H15N3O2S/c1-12-9(14)3-2-8(11-12)10(15)13-4-6-16-7-5-13/h2-7H2,1H3. The quantitative estimate of drug-likeness (QED) is 0.657. The minimum Gasteiger partial charge on any atom is -0.336 e. The summed E-state index contributed by atoms with van der Waals surface area (Å²) in [6.07, 6.45) is 0.870. The Balaban J connectivity index is 2.04. The van der Waals surface area contributed by atoms with Gasteiger partial charge in [-0.25, -0.2) is 5.01 Å². The van der Waals surface area contributed by atoms with Crippen LogP contribution in [0.15, 0.2) is 5.10 Å². The van der Waals surface area contributed by atoms with E-state index in [1.54, 1.807) is 7.05 Å². The van der Waals surface area contributed by atoms with Gasteiger partial charge in [-0.05, 0) is 0 Å². The first kappa shape index (κ1) is 11.4. The zero-order valence-corrected chi connectivity index (χ0v) is 10.1.